The fourth-order valence-electron chi connectivity index (χ4n) is 1.92. The Morgan fingerprint density at radius 3 is 2.53 bits per heavy atom. The van der Waals surface area contributed by atoms with Gasteiger partial charge >= 0.3 is 0 Å². The molecule has 0 saturated carbocycles. The summed E-state index contributed by atoms with van der Waals surface area (Å²) in [4.78, 5) is 0. The van der Waals surface area contributed by atoms with Crippen LogP contribution in [0.5, 0.6) is 0 Å². The summed E-state index contributed by atoms with van der Waals surface area (Å²) < 4.78 is 0. The third-order valence-electron chi connectivity index (χ3n) is 3.26. The molecule has 0 unspecified atom stereocenters. The van der Waals surface area contributed by atoms with Crippen LogP contribution in [0, 0.1) is 5.92 Å². The lowest BCUT2D eigenvalue weighted by atomic mass is 9.91. The van der Waals surface area contributed by atoms with Crippen LogP contribution in [0.3, 0.4) is 0 Å². The molecule has 0 amide bonds. The predicted molar refractivity (Wildman–Crippen MR) is 77.4 cm³/mol. The highest BCUT2D eigenvalue weighted by molar-refractivity contribution is 5.42. The van der Waals surface area contributed by atoms with Gasteiger partial charge in [0.15, 0.2) is 0 Å². The van der Waals surface area contributed by atoms with Crippen molar-refractivity contribution in [3.8, 4) is 0 Å². The molecule has 1 radical (unpaired) electrons. The summed E-state index contributed by atoms with van der Waals surface area (Å²) in [5, 5.41) is 0. The molecule has 0 saturated heterocycles. The molecule has 0 heterocycles. The second kappa shape index (κ2) is 6.64. The van der Waals surface area contributed by atoms with E-state index in [1.807, 2.05) is 6.08 Å². The largest absolute Gasteiger partial charge is 0.102 e. The van der Waals surface area contributed by atoms with Crippen molar-refractivity contribution in [2.45, 2.75) is 52.9 Å². The van der Waals surface area contributed by atoms with Crippen LogP contribution in [0.25, 0.3) is 0 Å². The van der Waals surface area contributed by atoms with Crippen molar-refractivity contribution in [1.29, 1.82) is 0 Å². The van der Waals surface area contributed by atoms with Gasteiger partial charge in [-0.05, 0) is 35.4 Å². The van der Waals surface area contributed by atoms with Gasteiger partial charge in [0.05, 0.1) is 0 Å². The molecule has 0 nitrogen and oxygen atoms in total. The average Bonchev–Trinajstić information content (AvgIpc) is 2.34. The number of allylic oxidation sites excluding steroid dienone is 1. The van der Waals surface area contributed by atoms with Crippen molar-refractivity contribution in [1.82, 2.24) is 0 Å². The first-order valence-corrected chi connectivity index (χ1v) is 6.68. The molecule has 0 aliphatic carbocycles. The maximum atomic E-state index is 3.87. The van der Waals surface area contributed by atoms with Gasteiger partial charge in [0, 0.05) is 5.92 Å². The SMILES string of the molecule is C=C[C](C)c1cc(CCCC)cc(C(C)C)c1. The van der Waals surface area contributed by atoms with Crippen LogP contribution >= 0.6 is 0 Å². The van der Waals surface area contributed by atoms with Crippen LogP contribution in [-0.4, -0.2) is 0 Å². The van der Waals surface area contributed by atoms with Crippen LogP contribution in [0.15, 0.2) is 30.9 Å². The Kier molecular flexibility index (Phi) is 5.47. The first kappa shape index (κ1) is 14.0. The zero-order valence-electron chi connectivity index (χ0n) is 11.7. The Hall–Kier alpha value is -1.04. The van der Waals surface area contributed by atoms with Crippen molar-refractivity contribution in [2.24, 2.45) is 0 Å². The third kappa shape index (κ3) is 4.03. The van der Waals surface area contributed by atoms with E-state index in [-0.39, 0.29) is 0 Å². The van der Waals surface area contributed by atoms with Crippen LogP contribution in [0.4, 0.5) is 0 Å². The van der Waals surface area contributed by atoms with Gasteiger partial charge < -0.3 is 0 Å². The van der Waals surface area contributed by atoms with E-state index in [2.05, 4.69) is 52.5 Å². The molecule has 0 aromatic heterocycles. The van der Waals surface area contributed by atoms with Crippen molar-refractivity contribution < 1.29 is 0 Å². The van der Waals surface area contributed by atoms with E-state index in [9.17, 15) is 0 Å². The highest BCUT2D eigenvalue weighted by atomic mass is 14.1. The van der Waals surface area contributed by atoms with Gasteiger partial charge in [-0.1, -0.05) is 58.4 Å². The van der Waals surface area contributed by atoms with E-state index >= 15 is 0 Å². The van der Waals surface area contributed by atoms with E-state index in [0.29, 0.717) is 5.92 Å². The van der Waals surface area contributed by atoms with E-state index in [4.69, 9.17) is 0 Å². The molecule has 0 bridgehead atoms. The van der Waals surface area contributed by atoms with Crippen molar-refractivity contribution in [3.63, 3.8) is 0 Å². The second-order valence-corrected chi connectivity index (χ2v) is 5.11. The standard InChI is InChI=1S/C17H25/c1-6-8-9-15-10-16(13(3)4)12-17(11-15)14(5)7-2/h7,10-13H,2,6,8-9H2,1,3-5H3. The average molecular weight is 229 g/mol. The minimum Gasteiger partial charge on any atom is -0.102 e. The quantitative estimate of drug-likeness (QED) is 0.622. The lowest BCUT2D eigenvalue weighted by Crippen LogP contribution is -1.98. The molecule has 0 heteroatoms. The van der Waals surface area contributed by atoms with Gasteiger partial charge in [-0.25, -0.2) is 0 Å². The lowest BCUT2D eigenvalue weighted by molar-refractivity contribution is 0.788. The fraction of sp³-hybridized carbons (Fsp3) is 0.471. The summed E-state index contributed by atoms with van der Waals surface area (Å²) in [6.45, 7) is 12.8. The Bertz CT molecular complexity index is 360. The monoisotopic (exact) mass is 229 g/mol. The first-order chi connectivity index (χ1) is 8.08. The summed E-state index contributed by atoms with van der Waals surface area (Å²) in [5.41, 5.74) is 4.24. The minimum atomic E-state index is 0.591. The highest BCUT2D eigenvalue weighted by Gasteiger charge is 2.08. The summed E-state index contributed by atoms with van der Waals surface area (Å²) in [7, 11) is 0. The fourth-order valence-corrected chi connectivity index (χ4v) is 1.92. The van der Waals surface area contributed by atoms with Crippen molar-refractivity contribution >= 4 is 0 Å². The summed E-state index contributed by atoms with van der Waals surface area (Å²) >= 11 is 0. The molecule has 0 atom stereocenters. The molecule has 0 N–H and O–H groups in total. The normalized spacial score (nSPS) is 11.2. The molecule has 0 aliphatic heterocycles. The zero-order chi connectivity index (χ0) is 12.8. The zero-order valence-corrected chi connectivity index (χ0v) is 11.7. The molecule has 1 aromatic carbocycles. The predicted octanol–water partition coefficient (Wildman–Crippen LogP) is 5.28. The molecular formula is C17H25. The van der Waals surface area contributed by atoms with Crippen LogP contribution < -0.4 is 0 Å². The van der Waals surface area contributed by atoms with Crippen molar-refractivity contribution in [3.05, 3.63) is 53.5 Å². The molecule has 93 valence electrons. The van der Waals surface area contributed by atoms with Crippen molar-refractivity contribution in [2.75, 3.05) is 0 Å². The molecule has 1 aromatic rings. The third-order valence-corrected chi connectivity index (χ3v) is 3.26. The Balaban J connectivity index is 3.04. The number of benzene rings is 1. The molecule has 0 aliphatic rings. The highest BCUT2D eigenvalue weighted by Crippen LogP contribution is 2.24. The van der Waals surface area contributed by atoms with Gasteiger partial charge in [0.1, 0.15) is 0 Å². The molecule has 17 heavy (non-hydrogen) atoms. The number of unbranched alkanes of at least 4 members (excludes halogenated alkanes) is 1. The lowest BCUT2D eigenvalue weighted by Gasteiger charge is -2.14. The van der Waals surface area contributed by atoms with Gasteiger partial charge in [-0.2, -0.15) is 0 Å². The molecule has 0 fully saturated rings. The van der Waals surface area contributed by atoms with Gasteiger partial charge in [-0.15, -0.1) is 6.58 Å². The first-order valence-electron chi connectivity index (χ1n) is 6.68. The maximum absolute atomic E-state index is 3.87. The van der Waals surface area contributed by atoms with Gasteiger partial charge in [-0.3, -0.25) is 0 Å². The van der Waals surface area contributed by atoms with Gasteiger partial charge in [0.25, 0.3) is 0 Å². The van der Waals surface area contributed by atoms with Crippen LogP contribution in [-0.2, 0) is 6.42 Å². The molecular weight excluding hydrogens is 204 g/mol. The topological polar surface area (TPSA) is 0 Å². The smallest absolute Gasteiger partial charge is 0.0230 e. The maximum Gasteiger partial charge on any atom is 0.0230 e. The van der Waals surface area contributed by atoms with Gasteiger partial charge in [0.2, 0.25) is 0 Å². The van der Waals surface area contributed by atoms with Crippen LogP contribution in [0.1, 0.15) is 63.1 Å². The summed E-state index contributed by atoms with van der Waals surface area (Å²) in [5.74, 6) is 1.86. The van der Waals surface area contributed by atoms with E-state index in [1.54, 1.807) is 0 Å². The Morgan fingerprint density at radius 1 is 1.29 bits per heavy atom. The van der Waals surface area contributed by atoms with E-state index in [0.717, 1.165) is 0 Å². The molecule has 0 spiro atoms. The van der Waals surface area contributed by atoms with E-state index < -0.39 is 0 Å². The summed E-state index contributed by atoms with van der Waals surface area (Å²) in [6, 6.07) is 6.98. The Labute approximate surface area is 107 Å². The number of aryl methyl sites for hydroxylation is 1. The molecule has 1 rings (SSSR count). The summed E-state index contributed by atoms with van der Waals surface area (Å²) in [6.07, 6.45) is 5.66. The number of hydrogen-bond acceptors (Lipinski definition) is 0. The second-order valence-electron chi connectivity index (χ2n) is 5.11. The number of hydrogen-bond donors (Lipinski definition) is 0. The van der Waals surface area contributed by atoms with E-state index in [1.165, 1.54) is 41.9 Å². The van der Waals surface area contributed by atoms with Crippen LogP contribution in [0.2, 0.25) is 0 Å². The Morgan fingerprint density at radius 2 is 2.00 bits per heavy atom. The minimum absolute atomic E-state index is 0.591. The number of rotatable bonds is 6.